The largest absolute Gasteiger partial charge is 0.371 e. The van der Waals surface area contributed by atoms with E-state index < -0.39 is 35.6 Å². The first-order chi connectivity index (χ1) is 26.1. The van der Waals surface area contributed by atoms with Crippen molar-refractivity contribution in [1.82, 2.24) is 30.3 Å². The van der Waals surface area contributed by atoms with Crippen LogP contribution in [-0.4, -0.2) is 106 Å². The van der Waals surface area contributed by atoms with Crippen molar-refractivity contribution in [2.24, 2.45) is 11.7 Å². The summed E-state index contributed by atoms with van der Waals surface area (Å²) in [6.07, 6.45) is 6.02. The number of anilines is 4. The van der Waals surface area contributed by atoms with Crippen LogP contribution in [-0.2, 0) is 9.59 Å². The maximum atomic E-state index is 15.6. The molecule has 1 aromatic heterocycles. The van der Waals surface area contributed by atoms with Crippen LogP contribution in [0.3, 0.4) is 0 Å². The Morgan fingerprint density at radius 3 is 2.39 bits per heavy atom. The Hall–Kier alpha value is -5.51. The number of carbonyl (C=O) groups excluding carboxylic acids is 5. The number of imide groups is 2. The van der Waals surface area contributed by atoms with Crippen molar-refractivity contribution in [2.45, 2.75) is 63.3 Å². The van der Waals surface area contributed by atoms with E-state index in [2.05, 4.69) is 35.6 Å². The topological polar surface area (TPSA) is 187 Å². The van der Waals surface area contributed by atoms with Crippen molar-refractivity contribution >= 4 is 52.7 Å². The Labute approximate surface area is 311 Å². The lowest BCUT2D eigenvalue weighted by Gasteiger charge is -2.34. The average molecular weight is 739 g/mol. The standard InChI is InChI=1S/C38H43FN10O5/c39-29-18-24(41-34-32(33(40)51)44-45-38(43-34)47-13-2-1-3-14-47)4-6-26(29)23-11-15-46(16-12-23)20-22-10-17-48(21-22)25-5-7-27-28(19-25)37(54)49(36(27)53)30-8-9-31(50)42-35(30)52/h4-7,18-19,22-23,30H,1-3,8-17,20-21H2,(H2,40,51)(H,41,43,45)(H,42,50,52). The number of primary amides is 1. The van der Waals surface area contributed by atoms with Gasteiger partial charge in [-0.3, -0.25) is 34.2 Å². The fourth-order valence-electron chi connectivity index (χ4n) is 8.53. The summed E-state index contributed by atoms with van der Waals surface area (Å²) in [5.74, 6) is -2.08. The second kappa shape index (κ2) is 14.7. The van der Waals surface area contributed by atoms with Crippen molar-refractivity contribution in [3.63, 3.8) is 0 Å². The number of nitrogens with two attached hydrogens (primary N) is 1. The zero-order valence-electron chi connectivity index (χ0n) is 29.9. The molecule has 2 unspecified atom stereocenters. The first-order valence-electron chi connectivity index (χ1n) is 18.8. The van der Waals surface area contributed by atoms with E-state index in [-0.39, 0.29) is 47.2 Å². The molecule has 0 radical (unpaired) electrons. The van der Waals surface area contributed by atoms with Gasteiger partial charge in [0.1, 0.15) is 11.9 Å². The number of amides is 5. The van der Waals surface area contributed by atoms with E-state index in [0.717, 1.165) is 94.9 Å². The van der Waals surface area contributed by atoms with Gasteiger partial charge in [-0.25, -0.2) is 4.39 Å². The predicted molar refractivity (Wildman–Crippen MR) is 196 cm³/mol. The summed E-state index contributed by atoms with van der Waals surface area (Å²) >= 11 is 0. The van der Waals surface area contributed by atoms with E-state index >= 15 is 4.39 Å². The van der Waals surface area contributed by atoms with Gasteiger partial charge < -0.3 is 25.8 Å². The molecule has 16 heteroatoms. The summed E-state index contributed by atoms with van der Waals surface area (Å²) in [6, 6.07) is 9.30. The third-order valence-electron chi connectivity index (χ3n) is 11.4. The SMILES string of the molecule is NC(=O)c1nnc(N2CCCCC2)nc1Nc1ccc(C2CCN(CC3CCN(c4ccc5c(c4)C(=O)N(C4CCC(=O)NC4=O)C5=O)C3)CC2)c(F)c1. The zero-order chi connectivity index (χ0) is 37.5. The van der Waals surface area contributed by atoms with Crippen LogP contribution >= 0.6 is 0 Å². The molecule has 5 amide bonds. The van der Waals surface area contributed by atoms with E-state index in [4.69, 9.17) is 5.73 Å². The molecule has 6 heterocycles. The van der Waals surface area contributed by atoms with Crippen molar-refractivity contribution < 1.29 is 28.4 Å². The molecular formula is C38H43FN10O5. The molecule has 2 aromatic carbocycles. The summed E-state index contributed by atoms with van der Waals surface area (Å²) in [5, 5.41) is 13.4. The highest BCUT2D eigenvalue weighted by atomic mass is 19.1. The van der Waals surface area contributed by atoms with Gasteiger partial charge in [-0.2, -0.15) is 4.98 Å². The number of hydrogen-bond donors (Lipinski definition) is 3. The number of likely N-dealkylation sites (tertiary alicyclic amines) is 1. The highest BCUT2D eigenvalue weighted by Crippen LogP contribution is 2.35. The van der Waals surface area contributed by atoms with Gasteiger partial charge in [0.15, 0.2) is 11.5 Å². The number of hydrogen-bond acceptors (Lipinski definition) is 12. The summed E-state index contributed by atoms with van der Waals surface area (Å²) < 4.78 is 15.6. The fraction of sp³-hybridized carbons (Fsp3) is 0.474. The van der Waals surface area contributed by atoms with Crippen molar-refractivity contribution in [1.29, 1.82) is 0 Å². The second-order valence-corrected chi connectivity index (χ2v) is 14.9. The van der Waals surface area contributed by atoms with E-state index in [1.54, 1.807) is 24.3 Å². The van der Waals surface area contributed by atoms with Gasteiger partial charge >= 0.3 is 0 Å². The molecule has 15 nitrogen and oxygen atoms in total. The Bertz CT molecular complexity index is 2010. The number of nitrogens with one attached hydrogen (secondary N) is 2. The number of halogens is 1. The number of nitrogens with zero attached hydrogens (tertiary/aromatic N) is 7. The fourth-order valence-corrected chi connectivity index (χ4v) is 8.53. The van der Waals surface area contributed by atoms with Crippen LogP contribution in [0.15, 0.2) is 36.4 Å². The Morgan fingerprint density at radius 2 is 1.65 bits per heavy atom. The molecule has 8 rings (SSSR count). The lowest BCUT2D eigenvalue weighted by molar-refractivity contribution is -0.136. The smallest absolute Gasteiger partial charge is 0.273 e. The number of rotatable bonds is 9. The van der Waals surface area contributed by atoms with Gasteiger partial charge in [0.25, 0.3) is 17.7 Å². The molecule has 5 aliphatic heterocycles. The van der Waals surface area contributed by atoms with E-state index in [1.807, 2.05) is 11.0 Å². The van der Waals surface area contributed by atoms with Crippen LogP contribution in [0.5, 0.6) is 0 Å². The highest BCUT2D eigenvalue weighted by molar-refractivity contribution is 6.23. The maximum Gasteiger partial charge on any atom is 0.273 e. The molecule has 4 N–H and O–H groups in total. The highest BCUT2D eigenvalue weighted by Gasteiger charge is 2.45. The third kappa shape index (κ3) is 6.97. The lowest BCUT2D eigenvalue weighted by Crippen LogP contribution is -2.54. The van der Waals surface area contributed by atoms with E-state index in [1.165, 1.54) is 6.07 Å². The molecule has 0 aliphatic carbocycles. The van der Waals surface area contributed by atoms with Gasteiger partial charge in [-0.05, 0) is 106 Å². The van der Waals surface area contributed by atoms with Gasteiger partial charge in [0.2, 0.25) is 17.8 Å². The Kier molecular flexibility index (Phi) is 9.68. The molecule has 4 fully saturated rings. The van der Waals surface area contributed by atoms with Gasteiger partial charge in [0, 0.05) is 50.5 Å². The summed E-state index contributed by atoms with van der Waals surface area (Å²) in [6.45, 7) is 5.83. The van der Waals surface area contributed by atoms with Crippen LogP contribution in [0.1, 0.15) is 94.1 Å². The van der Waals surface area contributed by atoms with Crippen LogP contribution in [0.2, 0.25) is 0 Å². The summed E-state index contributed by atoms with van der Waals surface area (Å²) in [7, 11) is 0. The van der Waals surface area contributed by atoms with Crippen LogP contribution in [0.25, 0.3) is 0 Å². The van der Waals surface area contributed by atoms with Crippen LogP contribution in [0.4, 0.5) is 27.5 Å². The minimum absolute atomic E-state index is 0.0781. The molecule has 54 heavy (non-hydrogen) atoms. The minimum atomic E-state index is -0.990. The number of fused-ring (bicyclic) bond motifs is 1. The van der Waals surface area contributed by atoms with E-state index in [0.29, 0.717) is 23.1 Å². The summed E-state index contributed by atoms with van der Waals surface area (Å²) in [5.41, 5.74) is 7.97. The zero-order valence-corrected chi connectivity index (χ0v) is 29.9. The molecule has 5 aliphatic rings. The quantitative estimate of drug-likeness (QED) is 0.273. The van der Waals surface area contributed by atoms with Gasteiger partial charge in [-0.15, -0.1) is 10.2 Å². The first kappa shape index (κ1) is 35.5. The number of carbonyl (C=O) groups is 5. The predicted octanol–water partition coefficient (Wildman–Crippen LogP) is 2.95. The third-order valence-corrected chi connectivity index (χ3v) is 11.4. The molecule has 0 spiro atoms. The van der Waals surface area contributed by atoms with E-state index in [9.17, 15) is 24.0 Å². The molecule has 4 saturated heterocycles. The maximum absolute atomic E-state index is 15.6. The number of benzene rings is 2. The number of aromatic nitrogens is 3. The molecule has 3 aromatic rings. The normalized spacial score (nSPS) is 22.5. The van der Waals surface area contributed by atoms with Crippen molar-refractivity contribution in [3.05, 3.63) is 64.6 Å². The summed E-state index contributed by atoms with van der Waals surface area (Å²) in [4.78, 5) is 74.8. The van der Waals surface area contributed by atoms with Crippen LogP contribution in [0, 0.1) is 11.7 Å². The van der Waals surface area contributed by atoms with Gasteiger partial charge in [-0.1, -0.05) is 6.07 Å². The first-order valence-corrected chi connectivity index (χ1v) is 18.8. The molecular weight excluding hydrogens is 695 g/mol. The average Bonchev–Trinajstić information content (AvgIpc) is 3.73. The lowest BCUT2D eigenvalue weighted by atomic mass is 9.88. The van der Waals surface area contributed by atoms with Crippen molar-refractivity contribution in [2.75, 3.05) is 60.9 Å². The molecule has 2 atom stereocenters. The Morgan fingerprint density at radius 1 is 0.870 bits per heavy atom. The van der Waals surface area contributed by atoms with Gasteiger partial charge in [0.05, 0.1) is 11.1 Å². The second-order valence-electron chi connectivity index (χ2n) is 14.9. The monoisotopic (exact) mass is 738 g/mol. The molecule has 282 valence electrons. The number of piperidine rings is 3. The minimum Gasteiger partial charge on any atom is -0.371 e. The van der Waals surface area contributed by atoms with Crippen molar-refractivity contribution in [3.8, 4) is 0 Å². The molecule has 0 bridgehead atoms. The Balaban J connectivity index is 0.851. The molecule has 0 saturated carbocycles. The van der Waals surface area contributed by atoms with Crippen LogP contribution < -0.4 is 26.2 Å².